The summed E-state index contributed by atoms with van der Waals surface area (Å²) < 4.78 is 0. The van der Waals surface area contributed by atoms with Gasteiger partial charge in [-0.25, -0.2) is 0 Å². The van der Waals surface area contributed by atoms with Crippen molar-refractivity contribution in [3.8, 4) is 0 Å². The van der Waals surface area contributed by atoms with Gasteiger partial charge < -0.3 is 4.90 Å². The molecule has 0 unspecified atom stereocenters. The lowest BCUT2D eigenvalue weighted by Crippen LogP contribution is -2.33. The van der Waals surface area contributed by atoms with E-state index in [-0.39, 0.29) is 17.7 Å². The van der Waals surface area contributed by atoms with E-state index in [4.69, 9.17) is 0 Å². The summed E-state index contributed by atoms with van der Waals surface area (Å²) in [5.41, 5.74) is 2.48. The molecule has 0 N–H and O–H groups in total. The van der Waals surface area contributed by atoms with Crippen molar-refractivity contribution in [3.05, 3.63) is 47.5 Å². The van der Waals surface area contributed by atoms with Crippen LogP contribution < -0.4 is 0 Å². The molecule has 1 saturated heterocycles. The lowest BCUT2D eigenvalue weighted by atomic mass is 10.1. The zero-order chi connectivity index (χ0) is 14.5. The van der Waals surface area contributed by atoms with Gasteiger partial charge in [0.1, 0.15) is 0 Å². The molecule has 1 fully saturated rings. The maximum atomic E-state index is 11.9. The Kier molecular flexibility index (Phi) is 4.72. The molecule has 106 valence electrons. The number of ketones is 1. The molecular formula is C17H21NO2. The third-order valence-electron chi connectivity index (χ3n) is 3.69. The topological polar surface area (TPSA) is 37.4 Å². The Balaban J connectivity index is 1.96. The number of carbonyl (C=O) groups is 2. The summed E-state index contributed by atoms with van der Waals surface area (Å²) in [7, 11) is 0. The van der Waals surface area contributed by atoms with E-state index in [1.807, 2.05) is 11.0 Å². The highest BCUT2D eigenvalue weighted by Crippen LogP contribution is 2.20. The van der Waals surface area contributed by atoms with Gasteiger partial charge >= 0.3 is 0 Å². The van der Waals surface area contributed by atoms with Gasteiger partial charge in [-0.3, -0.25) is 9.59 Å². The van der Waals surface area contributed by atoms with Crippen LogP contribution in [0.5, 0.6) is 0 Å². The minimum Gasteiger partial charge on any atom is -0.336 e. The lowest BCUT2D eigenvalue weighted by Gasteiger charge is -2.22. The van der Waals surface area contributed by atoms with E-state index < -0.39 is 0 Å². The van der Waals surface area contributed by atoms with Crippen LogP contribution in [0.1, 0.15) is 30.9 Å². The minimum absolute atomic E-state index is 0.0304. The molecule has 1 amide bonds. The molecule has 0 saturated carbocycles. The van der Waals surface area contributed by atoms with Crippen LogP contribution in [-0.2, 0) is 16.0 Å². The van der Waals surface area contributed by atoms with Crippen LogP contribution >= 0.6 is 0 Å². The summed E-state index contributed by atoms with van der Waals surface area (Å²) in [6.07, 6.45) is 5.69. The normalized spacial score (nSPS) is 19.0. The van der Waals surface area contributed by atoms with Gasteiger partial charge in [-0.15, -0.1) is 0 Å². The van der Waals surface area contributed by atoms with Crippen molar-refractivity contribution in [1.29, 1.82) is 0 Å². The Morgan fingerprint density at radius 1 is 1.35 bits per heavy atom. The Hall–Kier alpha value is -1.90. The first-order valence-electron chi connectivity index (χ1n) is 7.10. The smallest absolute Gasteiger partial charge is 0.223 e. The van der Waals surface area contributed by atoms with E-state index in [2.05, 4.69) is 31.2 Å². The van der Waals surface area contributed by atoms with E-state index in [0.29, 0.717) is 6.42 Å². The highest BCUT2D eigenvalue weighted by atomic mass is 16.2. The van der Waals surface area contributed by atoms with Gasteiger partial charge in [0.2, 0.25) is 5.91 Å². The molecule has 1 aliphatic heterocycles. The Morgan fingerprint density at radius 2 is 2.05 bits per heavy atom. The molecule has 3 nitrogen and oxygen atoms in total. The summed E-state index contributed by atoms with van der Waals surface area (Å²) in [5.74, 6) is 0.221. The molecule has 1 heterocycles. The van der Waals surface area contributed by atoms with Crippen molar-refractivity contribution in [2.45, 2.75) is 39.2 Å². The highest BCUT2D eigenvalue weighted by molar-refractivity contribution is 5.87. The van der Waals surface area contributed by atoms with Gasteiger partial charge in [0.15, 0.2) is 5.78 Å². The second-order valence-corrected chi connectivity index (χ2v) is 5.40. The number of carbonyl (C=O) groups excluding carboxylic acids is 2. The molecule has 0 spiro atoms. The zero-order valence-corrected chi connectivity index (χ0v) is 12.1. The predicted molar refractivity (Wildman–Crippen MR) is 79.4 cm³/mol. The van der Waals surface area contributed by atoms with Gasteiger partial charge in [-0.05, 0) is 38.3 Å². The monoisotopic (exact) mass is 271 g/mol. The third-order valence-corrected chi connectivity index (χ3v) is 3.69. The molecule has 1 aromatic carbocycles. The summed E-state index contributed by atoms with van der Waals surface area (Å²) >= 11 is 0. The largest absolute Gasteiger partial charge is 0.336 e. The summed E-state index contributed by atoms with van der Waals surface area (Å²) in [5, 5.41) is 0. The fourth-order valence-electron chi connectivity index (χ4n) is 2.50. The molecule has 0 bridgehead atoms. The molecule has 0 radical (unpaired) electrons. The van der Waals surface area contributed by atoms with E-state index in [9.17, 15) is 9.59 Å². The van der Waals surface area contributed by atoms with Crippen molar-refractivity contribution < 1.29 is 9.59 Å². The predicted octanol–water partition coefficient (Wildman–Crippen LogP) is 2.67. The number of amides is 1. The van der Waals surface area contributed by atoms with E-state index in [1.165, 1.54) is 18.1 Å². The molecule has 3 heteroatoms. The van der Waals surface area contributed by atoms with Crippen molar-refractivity contribution in [3.63, 3.8) is 0 Å². The van der Waals surface area contributed by atoms with Crippen molar-refractivity contribution in [2.24, 2.45) is 0 Å². The number of hydrogen-bond acceptors (Lipinski definition) is 2. The van der Waals surface area contributed by atoms with Gasteiger partial charge in [-0.1, -0.05) is 35.9 Å². The zero-order valence-electron chi connectivity index (χ0n) is 12.1. The summed E-state index contributed by atoms with van der Waals surface area (Å²) in [6.45, 7) is 4.31. The van der Waals surface area contributed by atoms with Crippen molar-refractivity contribution in [1.82, 2.24) is 4.90 Å². The molecule has 0 aromatic heterocycles. The number of nitrogens with zero attached hydrogens (tertiary/aromatic N) is 1. The quantitative estimate of drug-likeness (QED) is 0.772. The van der Waals surface area contributed by atoms with Crippen molar-refractivity contribution in [2.75, 3.05) is 6.54 Å². The van der Waals surface area contributed by atoms with Crippen LogP contribution in [0.3, 0.4) is 0 Å². The van der Waals surface area contributed by atoms with E-state index >= 15 is 0 Å². The highest BCUT2D eigenvalue weighted by Gasteiger charge is 2.28. The number of allylic oxidation sites excluding steroid dienone is 1. The van der Waals surface area contributed by atoms with E-state index in [1.54, 1.807) is 6.08 Å². The van der Waals surface area contributed by atoms with Crippen LogP contribution in [0.15, 0.2) is 36.4 Å². The van der Waals surface area contributed by atoms with Gasteiger partial charge in [0.25, 0.3) is 0 Å². The van der Waals surface area contributed by atoms with Gasteiger partial charge in [0, 0.05) is 13.0 Å². The molecule has 2 rings (SSSR count). The Labute approximate surface area is 120 Å². The summed E-state index contributed by atoms with van der Waals surface area (Å²) in [6, 6.07) is 8.48. The molecule has 1 atom stereocenters. The average molecular weight is 271 g/mol. The molecular weight excluding hydrogens is 250 g/mol. The lowest BCUT2D eigenvalue weighted by molar-refractivity contribution is -0.128. The molecule has 1 aliphatic rings. The van der Waals surface area contributed by atoms with Gasteiger partial charge in [-0.2, -0.15) is 0 Å². The first-order chi connectivity index (χ1) is 9.56. The SMILES string of the molecule is CC(=O)/C=C/[C@H]1CCC(=O)N1CCc1ccc(C)cc1. The second kappa shape index (κ2) is 6.51. The first kappa shape index (κ1) is 14.5. The fraction of sp³-hybridized carbons (Fsp3) is 0.412. The van der Waals surface area contributed by atoms with Crippen LogP contribution in [0.25, 0.3) is 0 Å². The second-order valence-electron chi connectivity index (χ2n) is 5.40. The molecule has 20 heavy (non-hydrogen) atoms. The van der Waals surface area contributed by atoms with Crippen LogP contribution in [0, 0.1) is 6.92 Å². The Morgan fingerprint density at radius 3 is 2.70 bits per heavy atom. The van der Waals surface area contributed by atoms with Crippen molar-refractivity contribution >= 4 is 11.7 Å². The third kappa shape index (κ3) is 3.80. The Bertz CT molecular complexity index is 516. The molecule has 0 aliphatic carbocycles. The number of benzene rings is 1. The maximum Gasteiger partial charge on any atom is 0.223 e. The minimum atomic E-state index is 0.0304. The first-order valence-corrected chi connectivity index (χ1v) is 7.10. The van der Waals surface area contributed by atoms with E-state index in [0.717, 1.165) is 19.4 Å². The number of hydrogen-bond donors (Lipinski definition) is 0. The summed E-state index contributed by atoms with van der Waals surface area (Å²) in [4.78, 5) is 24.8. The van der Waals surface area contributed by atoms with Crippen LogP contribution in [0.2, 0.25) is 0 Å². The van der Waals surface area contributed by atoms with Crippen LogP contribution in [-0.4, -0.2) is 29.2 Å². The average Bonchev–Trinajstić information content (AvgIpc) is 2.76. The van der Waals surface area contributed by atoms with Crippen LogP contribution in [0.4, 0.5) is 0 Å². The standard InChI is InChI=1S/C17H21NO2/c1-13-3-6-15(7-4-13)11-12-18-16(8-5-14(2)19)9-10-17(18)20/h3-8,16H,9-12H2,1-2H3/b8-5+/t16-/m0/s1. The maximum absolute atomic E-state index is 11.9. The fourth-order valence-corrected chi connectivity index (χ4v) is 2.50. The number of rotatable bonds is 5. The number of aryl methyl sites for hydroxylation is 1. The molecule has 1 aromatic rings. The van der Waals surface area contributed by atoms with Gasteiger partial charge in [0.05, 0.1) is 6.04 Å². The number of likely N-dealkylation sites (tertiary alicyclic amines) is 1.